The normalized spacial score (nSPS) is 12.7. The Hall–Kier alpha value is -0.790. The van der Waals surface area contributed by atoms with Crippen LogP contribution in [0.5, 0.6) is 0 Å². The van der Waals surface area contributed by atoms with Crippen molar-refractivity contribution in [3.63, 3.8) is 0 Å². The molecule has 21 heavy (non-hydrogen) atoms. The molecule has 0 bridgehead atoms. The summed E-state index contributed by atoms with van der Waals surface area (Å²) in [5.74, 6) is 1.88. The first-order valence-corrected chi connectivity index (χ1v) is 9.37. The minimum absolute atomic E-state index is 0.660. The van der Waals surface area contributed by atoms with Gasteiger partial charge in [-0.3, -0.25) is 0 Å². The third-order valence-corrected chi connectivity index (χ3v) is 4.47. The van der Waals surface area contributed by atoms with Crippen LogP contribution in [-0.4, -0.2) is 9.97 Å². The zero-order valence-corrected chi connectivity index (χ0v) is 14.4. The molecule has 0 fully saturated rings. The quantitative estimate of drug-likeness (QED) is 0.384. The maximum atomic E-state index is 4.50. The Balaban J connectivity index is 2.19. The van der Waals surface area contributed by atoms with E-state index < -0.39 is 0 Å². The second-order valence-corrected chi connectivity index (χ2v) is 6.43. The first-order chi connectivity index (χ1) is 10.4. The average Bonchev–Trinajstić information content (AvgIpc) is 3.02. The molecule has 122 valence electrons. The number of imidazole rings is 1. The molecule has 0 aromatic carbocycles. The fraction of sp³-hybridized carbons (Fsp3) is 0.842. The molecule has 1 atom stereocenters. The lowest BCUT2D eigenvalue weighted by atomic mass is 9.93. The molecule has 2 heteroatoms. The smallest absolute Gasteiger partial charge is 0.109 e. The maximum absolute atomic E-state index is 4.50. The second-order valence-electron chi connectivity index (χ2n) is 6.43. The maximum Gasteiger partial charge on any atom is 0.109 e. The highest BCUT2D eigenvalue weighted by Crippen LogP contribution is 2.26. The van der Waals surface area contributed by atoms with Gasteiger partial charge in [0.2, 0.25) is 0 Å². The van der Waals surface area contributed by atoms with Gasteiger partial charge in [-0.15, -0.1) is 0 Å². The zero-order chi connectivity index (χ0) is 15.2. The Morgan fingerprint density at radius 2 is 1.33 bits per heavy atom. The Morgan fingerprint density at radius 1 is 0.810 bits per heavy atom. The lowest BCUT2D eigenvalue weighted by Gasteiger charge is -2.14. The van der Waals surface area contributed by atoms with E-state index in [1.807, 2.05) is 12.4 Å². The van der Waals surface area contributed by atoms with E-state index in [1.165, 1.54) is 89.3 Å². The Labute approximate surface area is 132 Å². The summed E-state index contributed by atoms with van der Waals surface area (Å²) in [5, 5.41) is 0. The van der Waals surface area contributed by atoms with E-state index in [-0.39, 0.29) is 0 Å². The third-order valence-electron chi connectivity index (χ3n) is 4.47. The van der Waals surface area contributed by atoms with Crippen LogP contribution < -0.4 is 0 Å². The fourth-order valence-electron chi connectivity index (χ4n) is 3.08. The predicted octanol–water partition coefficient (Wildman–Crippen LogP) is 6.60. The molecule has 0 saturated heterocycles. The third kappa shape index (κ3) is 8.95. The predicted molar refractivity (Wildman–Crippen MR) is 92.7 cm³/mol. The second kappa shape index (κ2) is 12.9. The van der Waals surface area contributed by atoms with Crippen LogP contribution in [-0.2, 0) is 0 Å². The van der Waals surface area contributed by atoms with Gasteiger partial charge in [-0.1, -0.05) is 84.5 Å². The van der Waals surface area contributed by atoms with Crippen molar-refractivity contribution < 1.29 is 0 Å². The van der Waals surface area contributed by atoms with Crippen LogP contribution in [0.4, 0.5) is 0 Å². The van der Waals surface area contributed by atoms with E-state index in [0.717, 1.165) is 0 Å². The van der Waals surface area contributed by atoms with E-state index in [0.29, 0.717) is 5.92 Å². The summed E-state index contributed by atoms with van der Waals surface area (Å²) in [7, 11) is 0. The van der Waals surface area contributed by atoms with Gasteiger partial charge in [0.05, 0.1) is 0 Å². The zero-order valence-electron chi connectivity index (χ0n) is 14.4. The van der Waals surface area contributed by atoms with E-state index in [2.05, 4.69) is 23.8 Å². The van der Waals surface area contributed by atoms with Gasteiger partial charge in [0.1, 0.15) is 5.82 Å². The number of aromatic amines is 1. The van der Waals surface area contributed by atoms with Gasteiger partial charge >= 0.3 is 0 Å². The Morgan fingerprint density at radius 3 is 1.81 bits per heavy atom. The molecule has 0 saturated carbocycles. The van der Waals surface area contributed by atoms with E-state index in [1.54, 1.807) is 0 Å². The number of unbranched alkanes of at least 4 members (excludes halogenated alkanes) is 9. The van der Waals surface area contributed by atoms with Crippen molar-refractivity contribution in [3.8, 4) is 0 Å². The molecule has 0 aliphatic carbocycles. The van der Waals surface area contributed by atoms with Crippen LogP contribution in [0, 0.1) is 0 Å². The van der Waals surface area contributed by atoms with Crippen LogP contribution >= 0.6 is 0 Å². The molecule has 0 aliphatic rings. The summed E-state index contributed by atoms with van der Waals surface area (Å²) in [4.78, 5) is 7.84. The number of aromatic nitrogens is 2. The monoisotopic (exact) mass is 292 g/mol. The highest BCUT2D eigenvalue weighted by molar-refractivity contribution is 4.96. The molecule has 0 aliphatic heterocycles. The molecule has 1 unspecified atom stereocenters. The Bertz CT molecular complexity index is 305. The number of nitrogens with zero attached hydrogens (tertiary/aromatic N) is 1. The number of hydrogen-bond acceptors (Lipinski definition) is 1. The largest absolute Gasteiger partial charge is 0.348 e. The molecule has 1 rings (SSSR count). The first-order valence-electron chi connectivity index (χ1n) is 9.37. The van der Waals surface area contributed by atoms with Crippen LogP contribution in [0.25, 0.3) is 0 Å². The summed E-state index contributed by atoms with van der Waals surface area (Å²) in [6.07, 6.45) is 21.7. The standard InChI is InChI=1S/C19H36N2/c1-3-5-7-9-11-13-15-18(19-20-16-17-21-19)14-12-10-8-6-4-2/h16-18H,3-15H2,1-2H3,(H,20,21). The number of nitrogens with one attached hydrogen (secondary N) is 1. The lowest BCUT2D eigenvalue weighted by Crippen LogP contribution is -2.02. The molecule has 1 N–H and O–H groups in total. The number of hydrogen-bond donors (Lipinski definition) is 1. The SMILES string of the molecule is CCCCCCCCC(CCCCCCC)c1ncc[nH]1. The highest BCUT2D eigenvalue weighted by atomic mass is 14.9. The minimum Gasteiger partial charge on any atom is -0.348 e. The van der Waals surface area contributed by atoms with Crippen LogP contribution in [0.1, 0.15) is 109 Å². The molecule has 1 heterocycles. The van der Waals surface area contributed by atoms with Gasteiger partial charge in [-0.25, -0.2) is 4.98 Å². The van der Waals surface area contributed by atoms with Crippen molar-refractivity contribution in [1.29, 1.82) is 0 Å². The van der Waals surface area contributed by atoms with Crippen LogP contribution in [0.2, 0.25) is 0 Å². The van der Waals surface area contributed by atoms with E-state index in [9.17, 15) is 0 Å². The van der Waals surface area contributed by atoms with E-state index >= 15 is 0 Å². The van der Waals surface area contributed by atoms with Crippen molar-refractivity contribution in [2.75, 3.05) is 0 Å². The van der Waals surface area contributed by atoms with Crippen molar-refractivity contribution in [1.82, 2.24) is 9.97 Å². The summed E-state index contributed by atoms with van der Waals surface area (Å²) in [5.41, 5.74) is 0. The van der Waals surface area contributed by atoms with Gasteiger partial charge in [-0.2, -0.15) is 0 Å². The van der Waals surface area contributed by atoms with Crippen molar-refractivity contribution in [2.24, 2.45) is 0 Å². The van der Waals surface area contributed by atoms with Crippen molar-refractivity contribution in [2.45, 2.75) is 103 Å². The van der Waals surface area contributed by atoms with Gasteiger partial charge in [0, 0.05) is 18.3 Å². The molecule has 0 amide bonds. The highest BCUT2D eigenvalue weighted by Gasteiger charge is 2.13. The Kier molecular flexibility index (Phi) is 11.2. The summed E-state index contributed by atoms with van der Waals surface area (Å²) in [6.45, 7) is 4.57. The summed E-state index contributed by atoms with van der Waals surface area (Å²) < 4.78 is 0. The van der Waals surface area contributed by atoms with Crippen molar-refractivity contribution in [3.05, 3.63) is 18.2 Å². The molecule has 1 aromatic heterocycles. The van der Waals surface area contributed by atoms with Gasteiger partial charge in [-0.05, 0) is 12.8 Å². The molecular formula is C19H36N2. The summed E-state index contributed by atoms with van der Waals surface area (Å²) >= 11 is 0. The lowest BCUT2D eigenvalue weighted by molar-refractivity contribution is 0.475. The molecule has 1 aromatic rings. The topological polar surface area (TPSA) is 28.7 Å². The molecule has 0 radical (unpaired) electrons. The average molecular weight is 293 g/mol. The van der Waals surface area contributed by atoms with Gasteiger partial charge in [0.15, 0.2) is 0 Å². The molecule has 0 spiro atoms. The number of H-pyrrole nitrogens is 1. The fourth-order valence-corrected chi connectivity index (χ4v) is 3.08. The van der Waals surface area contributed by atoms with Crippen molar-refractivity contribution >= 4 is 0 Å². The van der Waals surface area contributed by atoms with Gasteiger partial charge in [0.25, 0.3) is 0 Å². The molecular weight excluding hydrogens is 256 g/mol. The summed E-state index contributed by atoms with van der Waals surface area (Å²) in [6, 6.07) is 0. The first kappa shape index (κ1) is 18.3. The van der Waals surface area contributed by atoms with Crippen LogP contribution in [0.3, 0.4) is 0 Å². The van der Waals surface area contributed by atoms with Gasteiger partial charge < -0.3 is 4.98 Å². The van der Waals surface area contributed by atoms with Crippen LogP contribution in [0.15, 0.2) is 12.4 Å². The number of rotatable bonds is 14. The van der Waals surface area contributed by atoms with E-state index in [4.69, 9.17) is 0 Å². The minimum atomic E-state index is 0.660. The molecule has 2 nitrogen and oxygen atoms in total.